The van der Waals surface area contributed by atoms with E-state index in [2.05, 4.69) is 65.9 Å². The molecule has 1 aromatic heterocycles. The summed E-state index contributed by atoms with van der Waals surface area (Å²) in [6.07, 6.45) is 2.10. The molecule has 3 nitrogen and oxygen atoms in total. The number of rotatable bonds is 4. The first-order chi connectivity index (χ1) is 11.3. The first-order valence-corrected chi connectivity index (χ1v) is 8.73. The van der Waals surface area contributed by atoms with Crippen molar-refractivity contribution in [3.05, 3.63) is 71.4 Å². The van der Waals surface area contributed by atoms with E-state index in [9.17, 15) is 0 Å². The molecule has 0 saturated heterocycles. The number of nitrogens with zero attached hydrogens (tertiary/aromatic N) is 2. The molecule has 0 unspecified atom stereocenters. The third kappa shape index (κ3) is 2.94. The Hall–Kier alpha value is -2.33. The second-order valence-electron chi connectivity index (χ2n) is 5.91. The van der Waals surface area contributed by atoms with Crippen molar-refractivity contribution in [1.82, 2.24) is 10.4 Å². The van der Waals surface area contributed by atoms with Gasteiger partial charge in [0.1, 0.15) is 0 Å². The van der Waals surface area contributed by atoms with Gasteiger partial charge in [-0.2, -0.15) is 0 Å². The minimum absolute atomic E-state index is 0.907. The number of thiazole rings is 1. The third-order valence-electron chi connectivity index (χ3n) is 4.20. The number of hydrogen-bond acceptors (Lipinski definition) is 4. The summed E-state index contributed by atoms with van der Waals surface area (Å²) in [5, 5.41) is 3.21. The Morgan fingerprint density at radius 3 is 2.65 bits per heavy atom. The van der Waals surface area contributed by atoms with Gasteiger partial charge in [-0.1, -0.05) is 53.8 Å². The van der Waals surface area contributed by atoms with E-state index < -0.39 is 0 Å². The first-order valence-electron chi connectivity index (χ1n) is 7.92. The van der Waals surface area contributed by atoms with E-state index >= 15 is 0 Å². The van der Waals surface area contributed by atoms with Gasteiger partial charge in [0.05, 0.1) is 16.8 Å². The van der Waals surface area contributed by atoms with Crippen LogP contribution in [0.2, 0.25) is 0 Å². The van der Waals surface area contributed by atoms with Gasteiger partial charge in [-0.15, -0.1) is 0 Å². The summed E-state index contributed by atoms with van der Waals surface area (Å²) in [5.74, 6) is 0. The minimum atomic E-state index is 0.907. The molecule has 0 fully saturated rings. The molecule has 4 rings (SSSR count). The monoisotopic (exact) mass is 321 g/mol. The Balaban J connectivity index is 1.46. The molecular formula is C19H19N3S. The molecule has 2 aromatic carbocycles. The van der Waals surface area contributed by atoms with Gasteiger partial charge in [-0.3, -0.25) is 5.01 Å². The lowest BCUT2D eigenvalue weighted by atomic mass is 10.1. The van der Waals surface area contributed by atoms with Crippen LogP contribution < -0.4 is 10.4 Å². The van der Waals surface area contributed by atoms with E-state index in [1.807, 2.05) is 6.07 Å². The van der Waals surface area contributed by atoms with Gasteiger partial charge >= 0.3 is 0 Å². The molecule has 0 atom stereocenters. The quantitative estimate of drug-likeness (QED) is 0.765. The van der Waals surface area contributed by atoms with Crippen molar-refractivity contribution < 1.29 is 0 Å². The molecule has 0 aliphatic carbocycles. The predicted octanol–water partition coefficient (Wildman–Crippen LogP) is 4.53. The summed E-state index contributed by atoms with van der Waals surface area (Å²) in [7, 11) is 0. The normalized spacial score (nSPS) is 14.6. The second kappa shape index (κ2) is 6.05. The Bertz CT molecular complexity index is 818. The fraction of sp³-hybridized carbons (Fsp3) is 0.211. The maximum Gasteiger partial charge on any atom is 0.205 e. The van der Waals surface area contributed by atoms with Crippen LogP contribution in [0.5, 0.6) is 0 Å². The molecule has 1 aliphatic heterocycles. The summed E-state index contributed by atoms with van der Waals surface area (Å²) in [6.45, 7) is 3.12. The van der Waals surface area contributed by atoms with E-state index in [0.717, 1.165) is 30.0 Å². The van der Waals surface area contributed by atoms with Crippen LogP contribution in [-0.2, 0) is 6.42 Å². The molecule has 1 aliphatic rings. The van der Waals surface area contributed by atoms with Crippen LogP contribution in [0.3, 0.4) is 0 Å². The van der Waals surface area contributed by atoms with Crippen molar-refractivity contribution in [2.24, 2.45) is 0 Å². The van der Waals surface area contributed by atoms with Crippen LogP contribution in [-0.4, -0.2) is 11.5 Å². The Morgan fingerprint density at radius 1 is 1.04 bits per heavy atom. The Morgan fingerprint density at radius 2 is 1.83 bits per heavy atom. The molecule has 23 heavy (non-hydrogen) atoms. The van der Waals surface area contributed by atoms with Crippen LogP contribution in [0.4, 0.5) is 5.13 Å². The predicted molar refractivity (Wildman–Crippen MR) is 97.6 cm³/mol. The number of anilines is 1. The molecule has 0 spiro atoms. The fourth-order valence-electron chi connectivity index (χ4n) is 2.90. The number of hydrazine groups is 1. The number of aromatic nitrogens is 1. The summed E-state index contributed by atoms with van der Waals surface area (Å²) in [6, 6.07) is 19.0. The van der Waals surface area contributed by atoms with Crippen molar-refractivity contribution in [3.63, 3.8) is 0 Å². The lowest BCUT2D eigenvalue weighted by Gasteiger charge is -2.16. The number of aryl methyl sites for hydroxylation is 1. The van der Waals surface area contributed by atoms with Gasteiger partial charge in [0.25, 0.3) is 0 Å². The first kappa shape index (κ1) is 14.3. The third-order valence-corrected chi connectivity index (χ3v) is 5.26. The molecule has 0 bridgehead atoms. The number of fused-ring (bicyclic) bond motifs is 1. The SMILES string of the molecule is CC1=C(CCc2ccccc2)NN(c2nc3ccccc3s2)C1. The number of hydrogen-bond donors (Lipinski definition) is 1. The van der Waals surface area contributed by atoms with Crippen LogP contribution in [0.25, 0.3) is 10.2 Å². The zero-order valence-electron chi connectivity index (χ0n) is 13.1. The summed E-state index contributed by atoms with van der Waals surface area (Å²) in [4.78, 5) is 4.74. The van der Waals surface area contributed by atoms with Crippen LogP contribution in [0.1, 0.15) is 18.9 Å². The lowest BCUT2D eigenvalue weighted by Crippen LogP contribution is -2.32. The maximum atomic E-state index is 4.74. The molecule has 0 amide bonds. The molecule has 0 saturated carbocycles. The molecule has 1 N–H and O–H groups in total. The highest BCUT2D eigenvalue weighted by Crippen LogP contribution is 2.30. The van der Waals surface area contributed by atoms with Crippen molar-refractivity contribution in [3.8, 4) is 0 Å². The van der Waals surface area contributed by atoms with Gasteiger partial charge in [0.2, 0.25) is 5.13 Å². The van der Waals surface area contributed by atoms with Crippen LogP contribution in [0, 0.1) is 0 Å². The highest BCUT2D eigenvalue weighted by Gasteiger charge is 2.21. The lowest BCUT2D eigenvalue weighted by molar-refractivity contribution is 0.754. The van der Waals surface area contributed by atoms with Gasteiger partial charge in [0.15, 0.2) is 0 Å². The van der Waals surface area contributed by atoms with Gasteiger partial charge in [0, 0.05) is 5.70 Å². The summed E-state index contributed by atoms with van der Waals surface area (Å²) >= 11 is 1.74. The molecule has 2 heterocycles. The zero-order valence-corrected chi connectivity index (χ0v) is 13.9. The molecule has 116 valence electrons. The maximum absolute atomic E-state index is 4.74. The number of para-hydroxylation sites is 1. The second-order valence-corrected chi connectivity index (χ2v) is 6.92. The van der Waals surface area contributed by atoms with Crippen molar-refractivity contribution >= 4 is 26.7 Å². The van der Waals surface area contributed by atoms with Crippen LogP contribution >= 0.6 is 11.3 Å². The van der Waals surface area contributed by atoms with Crippen molar-refractivity contribution in [2.75, 3.05) is 11.6 Å². The van der Waals surface area contributed by atoms with E-state index in [1.54, 1.807) is 11.3 Å². The molecule has 0 radical (unpaired) electrons. The fourth-order valence-corrected chi connectivity index (χ4v) is 3.83. The topological polar surface area (TPSA) is 28.2 Å². The van der Waals surface area contributed by atoms with E-state index in [4.69, 9.17) is 4.98 Å². The average Bonchev–Trinajstić information content (AvgIpc) is 3.17. The Kier molecular flexibility index (Phi) is 3.75. The minimum Gasteiger partial charge on any atom is -0.300 e. The highest BCUT2D eigenvalue weighted by molar-refractivity contribution is 7.22. The number of allylic oxidation sites excluding steroid dienone is 1. The largest absolute Gasteiger partial charge is 0.300 e. The van der Waals surface area contributed by atoms with Gasteiger partial charge in [-0.05, 0) is 43.0 Å². The van der Waals surface area contributed by atoms with Crippen molar-refractivity contribution in [2.45, 2.75) is 19.8 Å². The number of nitrogens with one attached hydrogen (secondary N) is 1. The Labute approximate surface area is 140 Å². The molecular weight excluding hydrogens is 302 g/mol. The van der Waals surface area contributed by atoms with Gasteiger partial charge in [-0.25, -0.2) is 4.98 Å². The molecule has 3 aromatic rings. The summed E-state index contributed by atoms with van der Waals surface area (Å²) in [5.41, 5.74) is 8.74. The van der Waals surface area contributed by atoms with E-state index in [0.29, 0.717) is 0 Å². The zero-order chi connectivity index (χ0) is 15.6. The average molecular weight is 321 g/mol. The van der Waals surface area contributed by atoms with Crippen LogP contribution in [0.15, 0.2) is 65.9 Å². The molecule has 4 heteroatoms. The van der Waals surface area contributed by atoms with Gasteiger partial charge < -0.3 is 5.43 Å². The van der Waals surface area contributed by atoms with Crippen molar-refractivity contribution in [1.29, 1.82) is 0 Å². The standard InChI is InChI=1S/C19H19N3S/c1-14-13-22(19-20-17-9-5-6-10-18(17)23-19)21-16(14)12-11-15-7-3-2-4-8-15/h2-10,21H,11-13H2,1H3. The van der Waals surface area contributed by atoms with E-state index in [1.165, 1.54) is 21.5 Å². The smallest absolute Gasteiger partial charge is 0.205 e. The summed E-state index contributed by atoms with van der Waals surface area (Å²) < 4.78 is 1.24. The van der Waals surface area contributed by atoms with E-state index in [-0.39, 0.29) is 0 Å². The highest BCUT2D eigenvalue weighted by atomic mass is 32.1. The number of benzene rings is 2.